The number of nitrogens with zero attached hydrogens (tertiary/aromatic N) is 2. The first-order valence-electron chi connectivity index (χ1n) is 11.0. The quantitative estimate of drug-likeness (QED) is 0.804. The molecule has 1 aromatic carbocycles. The van der Waals surface area contributed by atoms with E-state index in [1.54, 1.807) is 4.90 Å². The highest BCUT2D eigenvalue weighted by Gasteiger charge is 2.37. The number of hydrogen-bond donors (Lipinski definition) is 1. The van der Waals surface area contributed by atoms with Crippen molar-refractivity contribution in [3.63, 3.8) is 0 Å². The number of rotatable bonds is 5. The average Bonchev–Trinajstić information content (AvgIpc) is 3.15. The standard InChI is InChI=1S/C25H31N3O2/c1-18-17-28(22(29)14-13-19-9-5-3-6-10-19)24(23-21(18)15-16-27(23)2)25(30)26-20-11-7-4-8-12-20/h3,5-6,9-10,15-17,20,24H,4,7-8,11-14H2,1-2H3,(H,26,30). The van der Waals surface area contributed by atoms with Crippen LogP contribution in [0.3, 0.4) is 0 Å². The van der Waals surface area contributed by atoms with Gasteiger partial charge in [-0.15, -0.1) is 0 Å². The number of amides is 2. The third kappa shape index (κ3) is 4.20. The van der Waals surface area contributed by atoms with Crippen molar-refractivity contribution in [2.24, 2.45) is 7.05 Å². The van der Waals surface area contributed by atoms with Crippen LogP contribution in [-0.4, -0.2) is 27.3 Å². The first kappa shape index (κ1) is 20.5. The normalized spacial score (nSPS) is 19.2. The predicted octanol–water partition coefficient (Wildman–Crippen LogP) is 4.35. The van der Waals surface area contributed by atoms with Crippen LogP contribution in [0.25, 0.3) is 5.57 Å². The van der Waals surface area contributed by atoms with Gasteiger partial charge in [-0.2, -0.15) is 0 Å². The summed E-state index contributed by atoms with van der Waals surface area (Å²) >= 11 is 0. The molecule has 0 bridgehead atoms. The van der Waals surface area contributed by atoms with Crippen LogP contribution in [0, 0.1) is 0 Å². The molecule has 5 heteroatoms. The number of allylic oxidation sites excluding steroid dienone is 1. The molecule has 2 heterocycles. The summed E-state index contributed by atoms with van der Waals surface area (Å²) < 4.78 is 1.98. The molecule has 2 aromatic rings. The molecule has 1 aromatic heterocycles. The molecule has 1 aliphatic heterocycles. The molecular weight excluding hydrogens is 374 g/mol. The smallest absolute Gasteiger partial charge is 0.249 e. The Labute approximate surface area is 178 Å². The molecule has 1 saturated carbocycles. The summed E-state index contributed by atoms with van der Waals surface area (Å²) in [7, 11) is 1.95. The Morgan fingerprint density at radius 2 is 1.80 bits per heavy atom. The maximum absolute atomic E-state index is 13.4. The van der Waals surface area contributed by atoms with Gasteiger partial charge in [-0.1, -0.05) is 49.6 Å². The van der Waals surface area contributed by atoms with Crippen LogP contribution >= 0.6 is 0 Å². The zero-order valence-corrected chi connectivity index (χ0v) is 17.9. The lowest BCUT2D eigenvalue weighted by Crippen LogP contribution is -2.47. The first-order valence-corrected chi connectivity index (χ1v) is 11.0. The summed E-state index contributed by atoms with van der Waals surface area (Å²) in [4.78, 5) is 28.4. The third-order valence-corrected chi connectivity index (χ3v) is 6.37. The number of fused-ring (bicyclic) bond motifs is 1. The zero-order chi connectivity index (χ0) is 21.1. The van der Waals surface area contributed by atoms with Crippen LogP contribution in [0.4, 0.5) is 0 Å². The van der Waals surface area contributed by atoms with Gasteiger partial charge in [0.15, 0.2) is 6.04 Å². The molecule has 1 N–H and O–H groups in total. The van der Waals surface area contributed by atoms with Crippen LogP contribution in [0.15, 0.2) is 48.8 Å². The highest BCUT2D eigenvalue weighted by molar-refractivity contribution is 5.93. The number of benzene rings is 1. The first-order chi connectivity index (χ1) is 14.5. The summed E-state index contributed by atoms with van der Waals surface area (Å²) in [5.74, 6) is -0.0874. The minimum Gasteiger partial charge on any atom is -0.352 e. The molecule has 5 nitrogen and oxygen atoms in total. The fourth-order valence-corrected chi connectivity index (χ4v) is 4.72. The van der Waals surface area contributed by atoms with Crippen molar-refractivity contribution in [1.82, 2.24) is 14.8 Å². The number of carbonyl (C=O) groups excluding carboxylic acids is 2. The lowest BCUT2D eigenvalue weighted by Gasteiger charge is -2.35. The Kier molecular flexibility index (Phi) is 6.07. The maximum Gasteiger partial charge on any atom is 0.249 e. The molecule has 0 radical (unpaired) electrons. The summed E-state index contributed by atoms with van der Waals surface area (Å²) in [6.45, 7) is 2.01. The minimum absolute atomic E-state index is 0.0196. The van der Waals surface area contributed by atoms with E-state index in [4.69, 9.17) is 0 Å². The molecule has 30 heavy (non-hydrogen) atoms. The summed E-state index contributed by atoms with van der Waals surface area (Å²) in [6, 6.07) is 11.7. The van der Waals surface area contributed by atoms with Crippen molar-refractivity contribution in [2.75, 3.05) is 0 Å². The molecule has 1 atom stereocenters. The van der Waals surface area contributed by atoms with Gasteiger partial charge in [-0.3, -0.25) is 9.59 Å². The molecule has 1 unspecified atom stereocenters. The van der Waals surface area contributed by atoms with Crippen LogP contribution in [0.2, 0.25) is 0 Å². The second-order valence-corrected chi connectivity index (χ2v) is 8.57. The SMILES string of the molecule is CC1=CN(C(=O)CCc2ccccc2)C(C(=O)NC2CCCCC2)c2c1ccn2C. The van der Waals surface area contributed by atoms with E-state index in [1.807, 2.05) is 67.3 Å². The number of aryl methyl sites for hydroxylation is 2. The topological polar surface area (TPSA) is 54.3 Å². The average molecular weight is 406 g/mol. The van der Waals surface area contributed by atoms with Gasteiger partial charge in [0.2, 0.25) is 11.8 Å². The largest absolute Gasteiger partial charge is 0.352 e. The van der Waals surface area contributed by atoms with E-state index in [-0.39, 0.29) is 17.9 Å². The van der Waals surface area contributed by atoms with Crippen LogP contribution in [0.5, 0.6) is 0 Å². The number of aromatic nitrogens is 1. The molecule has 0 saturated heterocycles. The minimum atomic E-state index is -0.617. The van der Waals surface area contributed by atoms with Crippen molar-refractivity contribution < 1.29 is 9.59 Å². The number of hydrogen-bond acceptors (Lipinski definition) is 2. The highest BCUT2D eigenvalue weighted by atomic mass is 16.2. The molecule has 158 valence electrons. The van der Waals surface area contributed by atoms with Gasteiger partial charge >= 0.3 is 0 Å². The predicted molar refractivity (Wildman–Crippen MR) is 118 cm³/mol. The Morgan fingerprint density at radius 1 is 1.07 bits per heavy atom. The van der Waals surface area contributed by atoms with E-state index in [1.165, 1.54) is 6.42 Å². The van der Waals surface area contributed by atoms with Crippen LogP contribution < -0.4 is 5.32 Å². The van der Waals surface area contributed by atoms with Crippen molar-refractivity contribution in [1.29, 1.82) is 0 Å². The monoisotopic (exact) mass is 405 g/mol. The summed E-state index contributed by atoms with van der Waals surface area (Å²) in [5.41, 5.74) is 4.09. The van der Waals surface area contributed by atoms with Gasteiger partial charge in [-0.05, 0) is 43.4 Å². The molecular formula is C25H31N3O2. The van der Waals surface area contributed by atoms with Gasteiger partial charge in [0.1, 0.15) is 0 Å². The molecule has 4 rings (SSSR count). The van der Waals surface area contributed by atoms with Gasteiger partial charge in [-0.25, -0.2) is 0 Å². The van der Waals surface area contributed by atoms with Crippen LogP contribution in [-0.2, 0) is 23.1 Å². The lowest BCUT2D eigenvalue weighted by atomic mass is 9.93. The molecule has 0 spiro atoms. The van der Waals surface area contributed by atoms with Crippen molar-refractivity contribution >= 4 is 17.4 Å². The van der Waals surface area contributed by atoms with Crippen molar-refractivity contribution in [3.05, 3.63) is 65.6 Å². The van der Waals surface area contributed by atoms with Crippen molar-refractivity contribution in [3.8, 4) is 0 Å². The van der Waals surface area contributed by atoms with E-state index in [2.05, 4.69) is 5.32 Å². The third-order valence-electron chi connectivity index (χ3n) is 6.37. The second kappa shape index (κ2) is 8.90. The molecule has 2 amide bonds. The van der Waals surface area contributed by atoms with E-state index in [0.717, 1.165) is 48.1 Å². The second-order valence-electron chi connectivity index (χ2n) is 8.57. The van der Waals surface area contributed by atoms with E-state index in [0.29, 0.717) is 12.8 Å². The summed E-state index contributed by atoms with van der Waals surface area (Å²) in [6.07, 6.45) is 10.5. The molecule has 1 aliphatic carbocycles. The Balaban J connectivity index is 1.57. The van der Waals surface area contributed by atoms with Gasteiger partial charge < -0.3 is 14.8 Å². The molecule has 2 aliphatic rings. The van der Waals surface area contributed by atoms with Gasteiger partial charge in [0.05, 0.1) is 5.69 Å². The van der Waals surface area contributed by atoms with Gasteiger partial charge in [0, 0.05) is 37.5 Å². The number of carbonyl (C=O) groups is 2. The Bertz CT molecular complexity index is 939. The van der Waals surface area contributed by atoms with E-state index >= 15 is 0 Å². The van der Waals surface area contributed by atoms with E-state index < -0.39 is 6.04 Å². The summed E-state index contributed by atoms with van der Waals surface area (Å²) in [5, 5.41) is 3.24. The lowest BCUT2D eigenvalue weighted by molar-refractivity contribution is -0.138. The van der Waals surface area contributed by atoms with Crippen LogP contribution in [0.1, 0.15) is 68.3 Å². The van der Waals surface area contributed by atoms with Crippen molar-refractivity contribution in [2.45, 2.75) is 64.0 Å². The fraction of sp³-hybridized carbons (Fsp3) is 0.440. The Morgan fingerprint density at radius 3 is 2.53 bits per heavy atom. The zero-order valence-electron chi connectivity index (χ0n) is 17.9. The van der Waals surface area contributed by atoms with E-state index in [9.17, 15) is 9.59 Å². The fourth-order valence-electron chi connectivity index (χ4n) is 4.72. The Hall–Kier alpha value is -2.82. The highest BCUT2D eigenvalue weighted by Crippen LogP contribution is 2.36. The number of nitrogens with one attached hydrogen (secondary N) is 1. The van der Waals surface area contributed by atoms with Gasteiger partial charge in [0.25, 0.3) is 0 Å². The molecule has 1 fully saturated rings. The maximum atomic E-state index is 13.4.